The molecule has 0 bridgehead atoms. The Balaban J connectivity index is 0.00000261. The van der Waals surface area contributed by atoms with E-state index in [4.69, 9.17) is 0 Å². The van der Waals surface area contributed by atoms with Crippen molar-refractivity contribution in [2.45, 2.75) is 25.6 Å². The van der Waals surface area contributed by atoms with Gasteiger partial charge in [0.1, 0.15) is 5.82 Å². The first-order chi connectivity index (χ1) is 12.6. The molecule has 1 aliphatic rings. The van der Waals surface area contributed by atoms with E-state index < -0.39 is 0 Å². The monoisotopic (exact) mass is 503 g/mol. The van der Waals surface area contributed by atoms with Gasteiger partial charge < -0.3 is 14.8 Å². The Bertz CT molecular complexity index is 751. The maximum absolute atomic E-state index is 14.4. The van der Waals surface area contributed by atoms with Crippen LogP contribution in [0, 0.1) is 11.7 Å². The van der Waals surface area contributed by atoms with E-state index in [1.807, 2.05) is 17.8 Å². The summed E-state index contributed by atoms with van der Waals surface area (Å²) in [4.78, 5) is 10.7. The first-order valence-corrected chi connectivity index (χ1v) is 9.97. The SMILES string of the molecule is CN=C(NCc1ccc(-n2ccnc2)c(F)c1)N1CCSC(C(C)C)C1.I. The fourth-order valence-electron chi connectivity index (χ4n) is 3.06. The van der Waals surface area contributed by atoms with Gasteiger partial charge >= 0.3 is 0 Å². The number of aliphatic imine (C=N–C) groups is 1. The lowest BCUT2D eigenvalue weighted by Crippen LogP contribution is -2.48. The molecule has 0 amide bonds. The van der Waals surface area contributed by atoms with Gasteiger partial charge in [-0.2, -0.15) is 11.8 Å². The van der Waals surface area contributed by atoms with E-state index in [1.165, 1.54) is 0 Å². The Hall–Kier alpha value is -1.29. The van der Waals surface area contributed by atoms with Crippen molar-refractivity contribution in [2.24, 2.45) is 10.9 Å². The van der Waals surface area contributed by atoms with Crippen LogP contribution >= 0.6 is 35.7 Å². The Labute approximate surface area is 181 Å². The van der Waals surface area contributed by atoms with Gasteiger partial charge in [0.25, 0.3) is 0 Å². The molecule has 1 N–H and O–H groups in total. The number of thioether (sulfide) groups is 1. The second kappa shape index (κ2) is 10.3. The van der Waals surface area contributed by atoms with Crippen LogP contribution in [-0.2, 0) is 6.54 Å². The van der Waals surface area contributed by atoms with Gasteiger partial charge in [-0.15, -0.1) is 24.0 Å². The van der Waals surface area contributed by atoms with Crippen molar-refractivity contribution in [3.05, 3.63) is 48.3 Å². The number of benzene rings is 1. The highest BCUT2D eigenvalue weighted by molar-refractivity contribution is 14.0. The van der Waals surface area contributed by atoms with Crippen molar-refractivity contribution < 1.29 is 4.39 Å². The molecule has 1 fully saturated rings. The number of nitrogens with one attached hydrogen (secondary N) is 1. The average molecular weight is 503 g/mol. The largest absolute Gasteiger partial charge is 0.352 e. The topological polar surface area (TPSA) is 45.5 Å². The van der Waals surface area contributed by atoms with Gasteiger partial charge in [0.05, 0.1) is 12.0 Å². The van der Waals surface area contributed by atoms with Gasteiger partial charge in [0, 0.05) is 50.1 Å². The summed E-state index contributed by atoms with van der Waals surface area (Å²) < 4.78 is 16.1. The standard InChI is InChI=1S/C19H26FN5S.HI/c1-14(2)18-12-24(8-9-26-18)19(21-3)23-11-15-4-5-17(16(20)10-15)25-7-6-22-13-25;/h4-7,10,13-14,18H,8-9,11-12H2,1-3H3,(H,21,23);1H. The van der Waals surface area contributed by atoms with Gasteiger partial charge in [-0.1, -0.05) is 19.9 Å². The van der Waals surface area contributed by atoms with E-state index in [1.54, 1.807) is 42.5 Å². The molecule has 2 heterocycles. The molecule has 27 heavy (non-hydrogen) atoms. The first-order valence-electron chi connectivity index (χ1n) is 8.92. The summed E-state index contributed by atoms with van der Waals surface area (Å²) in [6, 6.07) is 5.28. The van der Waals surface area contributed by atoms with E-state index in [-0.39, 0.29) is 29.8 Å². The zero-order chi connectivity index (χ0) is 18.5. The molecule has 5 nitrogen and oxygen atoms in total. The molecular weight excluding hydrogens is 476 g/mol. The predicted molar refractivity (Wildman–Crippen MR) is 122 cm³/mol. The number of aromatic nitrogens is 2. The van der Waals surface area contributed by atoms with Crippen molar-refractivity contribution in [1.82, 2.24) is 19.8 Å². The van der Waals surface area contributed by atoms with Crippen molar-refractivity contribution >= 4 is 41.7 Å². The van der Waals surface area contributed by atoms with Crippen LogP contribution in [0.15, 0.2) is 41.9 Å². The highest BCUT2D eigenvalue weighted by Gasteiger charge is 2.24. The Morgan fingerprint density at radius 3 is 2.89 bits per heavy atom. The number of nitrogens with zero attached hydrogens (tertiary/aromatic N) is 4. The van der Waals surface area contributed by atoms with Crippen molar-refractivity contribution in [3.63, 3.8) is 0 Å². The summed E-state index contributed by atoms with van der Waals surface area (Å²) >= 11 is 2.04. The number of imidazole rings is 1. The Morgan fingerprint density at radius 1 is 1.44 bits per heavy atom. The number of halogens is 2. The number of hydrogen-bond donors (Lipinski definition) is 1. The van der Waals surface area contributed by atoms with Gasteiger partial charge in [-0.3, -0.25) is 4.99 Å². The molecule has 0 radical (unpaired) electrons. The summed E-state index contributed by atoms with van der Waals surface area (Å²) in [5.74, 6) is 2.38. The van der Waals surface area contributed by atoms with Gasteiger partial charge in [0.15, 0.2) is 5.96 Å². The van der Waals surface area contributed by atoms with Crippen LogP contribution in [0.1, 0.15) is 19.4 Å². The van der Waals surface area contributed by atoms with Crippen LogP contribution in [0.4, 0.5) is 4.39 Å². The first kappa shape index (κ1) is 22.0. The van der Waals surface area contributed by atoms with Crippen LogP contribution in [0.5, 0.6) is 0 Å². The molecule has 3 rings (SSSR count). The second-order valence-electron chi connectivity index (χ2n) is 6.76. The molecule has 0 spiro atoms. The Morgan fingerprint density at radius 2 is 2.26 bits per heavy atom. The zero-order valence-electron chi connectivity index (χ0n) is 15.9. The highest BCUT2D eigenvalue weighted by Crippen LogP contribution is 2.25. The van der Waals surface area contributed by atoms with Gasteiger partial charge in [0.2, 0.25) is 0 Å². The summed E-state index contributed by atoms with van der Waals surface area (Å²) in [5, 5.41) is 4.00. The molecule has 1 unspecified atom stereocenters. The molecule has 1 saturated heterocycles. The lowest BCUT2D eigenvalue weighted by Gasteiger charge is -2.36. The van der Waals surface area contributed by atoms with E-state index in [9.17, 15) is 4.39 Å². The molecule has 1 aromatic carbocycles. The fraction of sp³-hybridized carbons (Fsp3) is 0.474. The van der Waals surface area contributed by atoms with E-state index >= 15 is 0 Å². The smallest absolute Gasteiger partial charge is 0.193 e. The summed E-state index contributed by atoms with van der Waals surface area (Å²) in [7, 11) is 1.80. The zero-order valence-corrected chi connectivity index (χ0v) is 19.1. The van der Waals surface area contributed by atoms with E-state index in [0.717, 1.165) is 30.4 Å². The molecule has 148 valence electrons. The van der Waals surface area contributed by atoms with Crippen LogP contribution in [0.2, 0.25) is 0 Å². The maximum atomic E-state index is 14.4. The van der Waals surface area contributed by atoms with Crippen molar-refractivity contribution in [2.75, 3.05) is 25.9 Å². The normalized spacial score (nSPS) is 17.7. The molecule has 0 aliphatic carbocycles. The summed E-state index contributed by atoms with van der Waals surface area (Å²) in [6.45, 7) is 7.06. The van der Waals surface area contributed by atoms with E-state index in [2.05, 4.69) is 34.0 Å². The lowest BCUT2D eigenvalue weighted by molar-refractivity contribution is 0.380. The number of guanidine groups is 1. The number of hydrogen-bond acceptors (Lipinski definition) is 3. The van der Waals surface area contributed by atoms with Crippen LogP contribution in [-0.4, -0.2) is 51.6 Å². The molecule has 8 heteroatoms. The van der Waals surface area contributed by atoms with Gasteiger partial charge in [-0.25, -0.2) is 9.37 Å². The molecule has 0 saturated carbocycles. The van der Waals surface area contributed by atoms with E-state index in [0.29, 0.717) is 23.4 Å². The number of rotatable bonds is 4. The summed E-state index contributed by atoms with van der Waals surface area (Å²) in [5.41, 5.74) is 1.39. The third kappa shape index (κ3) is 5.60. The van der Waals surface area contributed by atoms with Crippen LogP contribution in [0.3, 0.4) is 0 Å². The summed E-state index contributed by atoms with van der Waals surface area (Å²) in [6.07, 6.45) is 4.97. The molecule has 2 aromatic rings. The quantitative estimate of drug-likeness (QED) is 0.392. The molecular formula is C19H27FIN5S. The minimum absolute atomic E-state index is 0. The van der Waals surface area contributed by atoms with Crippen LogP contribution < -0.4 is 5.32 Å². The van der Waals surface area contributed by atoms with Crippen molar-refractivity contribution in [3.8, 4) is 5.69 Å². The molecule has 1 aromatic heterocycles. The maximum Gasteiger partial charge on any atom is 0.193 e. The lowest BCUT2D eigenvalue weighted by atomic mass is 10.1. The predicted octanol–water partition coefficient (Wildman–Crippen LogP) is 3.78. The van der Waals surface area contributed by atoms with Crippen molar-refractivity contribution in [1.29, 1.82) is 0 Å². The highest BCUT2D eigenvalue weighted by atomic mass is 127. The fourth-order valence-corrected chi connectivity index (χ4v) is 4.35. The molecule has 1 atom stereocenters. The van der Waals surface area contributed by atoms with Gasteiger partial charge in [-0.05, 0) is 23.6 Å². The second-order valence-corrected chi connectivity index (χ2v) is 8.10. The van der Waals surface area contributed by atoms with Crippen LogP contribution in [0.25, 0.3) is 5.69 Å². The third-order valence-corrected chi connectivity index (χ3v) is 6.13. The average Bonchev–Trinajstić information content (AvgIpc) is 3.17. The minimum atomic E-state index is -0.258. The molecule has 1 aliphatic heterocycles. The minimum Gasteiger partial charge on any atom is -0.352 e. The Kier molecular flexibility index (Phi) is 8.40. The third-order valence-electron chi connectivity index (χ3n) is 4.59.